The zero-order valence-corrected chi connectivity index (χ0v) is 18.9. The molecule has 0 unspecified atom stereocenters. The Labute approximate surface area is 173 Å². The molecule has 1 rings (SSSR count). The Bertz CT molecular complexity index is 637. The average Bonchev–Trinajstić information content (AvgIpc) is 2.53. The van der Waals surface area contributed by atoms with Gasteiger partial charge in [0.05, 0.1) is 12.3 Å². The van der Waals surface area contributed by atoms with E-state index in [1.54, 1.807) is 0 Å². The minimum atomic E-state index is -3.24. The van der Waals surface area contributed by atoms with E-state index in [9.17, 15) is 8.42 Å². The molecule has 0 saturated heterocycles. The SMILES string of the molecule is CCNC(=NCc1cccc(Cl)c1)NCCS(=O)(=O)N(CC)CC.I. The van der Waals surface area contributed by atoms with E-state index in [0.29, 0.717) is 43.7 Å². The third-order valence-corrected chi connectivity index (χ3v) is 5.66. The number of benzene rings is 1. The first kappa shape index (κ1) is 24.4. The third kappa shape index (κ3) is 9.07. The highest BCUT2D eigenvalue weighted by Gasteiger charge is 2.18. The van der Waals surface area contributed by atoms with Gasteiger partial charge < -0.3 is 10.6 Å². The van der Waals surface area contributed by atoms with Crippen LogP contribution in [0.15, 0.2) is 29.3 Å². The lowest BCUT2D eigenvalue weighted by Gasteiger charge is -2.19. The number of nitrogens with one attached hydrogen (secondary N) is 2. The van der Waals surface area contributed by atoms with Gasteiger partial charge in [-0.2, -0.15) is 0 Å². The van der Waals surface area contributed by atoms with Gasteiger partial charge in [0.1, 0.15) is 0 Å². The highest BCUT2D eigenvalue weighted by atomic mass is 127. The molecule has 9 heteroatoms. The van der Waals surface area contributed by atoms with Gasteiger partial charge in [-0.1, -0.05) is 37.6 Å². The first-order valence-corrected chi connectivity index (χ1v) is 10.2. The van der Waals surface area contributed by atoms with Gasteiger partial charge in [0.2, 0.25) is 10.0 Å². The van der Waals surface area contributed by atoms with Crippen LogP contribution in [0.3, 0.4) is 0 Å². The number of sulfonamides is 1. The summed E-state index contributed by atoms with van der Waals surface area (Å²) in [7, 11) is -3.24. The standard InChI is InChI=1S/C16H27ClN4O2S.HI/c1-4-18-16(20-13-14-8-7-9-15(17)12-14)19-10-11-24(22,23)21(5-2)6-3;/h7-9,12H,4-6,10-11,13H2,1-3H3,(H2,18,19,20);1H. The van der Waals surface area contributed by atoms with Crippen LogP contribution in [0, 0.1) is 0 Å². The van der Waals surface area contributed by atoms with Crippen molar-refractivity contribution >= 4 is 51.6 Å². The Morgan fingerprint density at radius 3 is 2.44 bits per heavy atom. The van der Waals surface area contributed by atoms with Crippen molar-refractivity contribution in [2.45, 2.75) is 27.3 Å². The van der Waals surface area contributed by atoms with Crippen molar-refractivity contribution in [3.05, 3.63) is 34.9 Å². The first-order chi connectivity index (χ1) is 11.4. The van der Waals surface area contributed by atoms with Crippen LogP contribution in [-0.2, 0) is 16.6 Å². The van der Waals surface area contributed by atoms with E-state index in [2.05, 4.69) is 15.6 Å². The maximum Gasteiger partial charge on any atom is 0.215 e. The van der Waals surface area contributed by atoms with Crippen molar-refractivity contribution < 1.29 is 8.42 Å². The molecule has 0 aromatic heterocycles. The quantitative estimate of drug-likeness (QED) is 0.309. The van der Waals surface area contributed by atoms with Gasteiger partial charge in [-0.05, 0) is 24.6 Å². The predicted octanol–water partition coefficient (Wildman–Crippen LogP) is 2.68. The van der Waals surface area contributed by atoms with Crippen molar-refractivity contribution in [3.63, 3.8) is 0 Å². The molecule has 0 heterocycles. The molecule has 6 nitrogen and oxygen atoms in total. The fourth-order valence-corrected chi connectivity index (χ4v) is 3.81. The smallest absolute Gasteiger partial charge is 0.215 e. The second-order valence-corrected chi connectivity index (χ2v) is 7.68. The van der Waals surface area contributed by atoms with Gasteiger partial charge in [-0.3, -0.25) is 0 Å². The summed E-state index contributed by atoms with van der Waals surface area (Å²) in [6.45, 7) is 8.09. The summed E-state index contributed by atoms with van der Waals surface area (Å²) < 4.78 is 25.8. The molecule has 0 amide bonds. The van der Waals surface area contributed by atoms with E-state index in [1.807, 2.05) is 45.0 Å². The summed E-state index contributed by atoms with van der Waals surface area (Å²) in [4.78, 5) is 4.46. The van der Waals surface area contributed by atoms with Crippen molar-refractivity contribution in [1.82, 2.24) is 14.9 Å². The summed E-state index contributed by atoms with van der Waals surface area (Å²) in [5, 5.41) is 6.85. The third-order valence-electron chi connectivity index (χ3n) is 3.40. The highest BCUT2D eigenvalue weighted by Crippen LogP contribution is 2.11. The van der Waals surface area contributed by atoms with Crippen LogP contribution in [0.4, 0.5) is 0 Å². The molecular formula is C16H28ClIN4O2S. The van der Waals surface area contributed by atoms with E-state index >= 15 is 0 Å². The average molecular weight is 503 g/mol. The second-order valence-electron chi connectivity index (χ2n) is 5.15. The zero-order chi connectivity index (χ0) is 18.0. The fourth-order valence-electron chi connectivity index (χ4n) is 2.19. The molecule has 0 atom stereocenters. The molecule has 0 saturated carbocycles. The van der Waals surface area contributed by atoms with Gasteiger partial charge in [0.25, 0.3) is 0 Å². The molecule has 1 aromatic carbocycles. The lowest BCUT2D eigenvalue weighted by Crippen LogP contribution is -2.42. The number of rotatable bonds is 9. The Morgan fingerprint density at radius 2 is 1.88 bits per heavy atom. The maximum atomic E-state index is 12.2. The summed E-state index contributed by atoms with van der Waals surface area (Å²) in [5.41, 5.74) is 0.996. The largest absolute Gasteiger partial charge is 0.357 e. The molecule has 0 radical (unpaired) electrons. The van der Waals surface area contributed by atoms with Crippen LogP contribution in [0.5, 0.6) is 0 Å². The monoisotopic (exact) mass is 502 g/mol. The van der Waals surface area contributed by atoms with Gasteiger partial charge in [0, 0.05) is 31.2 Å². The molecule has 2 N–H and O–H groups in total. The van der Waals surface area contributed by atoms with E-state index in [-0.39, 0.29) is 29.7 Å². The molecule has 1 aromatic rings. The van der Waals surface area contributed by atoms with Gasteiger partial charge in [-0.15, -0.1) is 24.0 Å². The Morgan fingerprint density at radius 1 is 1.20 bits per heavy atom. The summed E-state index contributed by atoms with van der Waals surface area (Å²) in [6.07, 6.45) is 0. The molecule has 0 aliphatic carbocycles. The van der Waals surface area contributed by atoms with Crippen molar-refractivity contribution in [3.8, 4) is 0 Å². The first-order valence-electron chi connectivity index (χ1n) is 8.17. The molecular weight excluding hydrogens is 475 g/mol. The molecule has 0 spiro atoms. The highest BCUT2D eigenvalue weighted by molar-refractivity contribution is 14.0. The van der Waals surface area contributed by atoms with E-state index in [1.165, 1.54) is 4.31 Å². The van der Waals surface area contributed by atoms with Crippen LogP contribution < -0.4 is 10.6 Å². The Kier molecular flexibility index (Phi) is 12.4. The molecule has 0 fully saturated rings. The number of halogens is 2. The minimum absolute atomic E-state index is 0. The van der Waals surface area contributed by atoms with Gasteiger partial charge in [0.15, 0.2) is 5.96 Å². The Balaban J connectivity index is 0.00000576. The fraction of sp³-hybridized carbons (Fsp3) is 0.562. The lowest BCUT2D eigenvalue weighted by molar-refractivity contribution is 0.445. The summed E-state index contributed by atoms with van der Waals surface area (Å²) in [6, 6.07) is 7.50. The van der Waals surface area contributed by atoms with Crippen LogP contribution >= 0.6 is 35.6 Å². The van der Waals surface area contributed by atoms with Crippen LogP contribution in [0.1, 0.15) is 26.3 Å². The van der Waals surface area contributed by atoms with Gasteiger partial charge in [-0.25, -0.2) is 17.7 Å². The number of aliphatic imine (C=N–C) groups is 1. The van der Waals surface area contributed by atoms with Crippen LogP contribution in [-0.4, -0.2) is 50.6 Å². The normalized spacial score (nSPS) is 12.0. The molecule has 0 aliphatic rings. The van der Waals surface area contributed by atoms with E-state index in [0.717, 1.165) is 5.56 Å². The number of hydrogen-bond donors (Lipinski definition) is 2. The lowest BCUT2D eigenvalue weighted by atomic mass is 10.2. The van der Waals surface area contributed by atoms with E-state index < -0.39 is 10.0 Å². The molecule has 0 bridgehead atoms. The number of hydrogen-bond acceptors (Lipinski definition) is 3. The summed E-state index contributed by atoms with van der Waals surface area (Å²) in [5.74, 6) is 0.628. The Hall–Kier alpha value is -0.580. The van der Waals surface area contributed by atoms with E-state index in [4.69, 9.17) is 11.6 Å². The van der Waals surface area contributed by atoms with Crippen LogP contribution in [0.2, 0.25) is 5.02 Å². The molecule has 0 aliphatic heterocycles. The summed E-state index contributed by atoms with van der Waals surface area (Å²) >= 11 is 5.96. The van der Waals surface area contributed by atoms with Crippen molar-refractivity contribution in [2.24, 2.45) is 4.99 Å². The predicted molar refractivity (Wildman–Crippen MR) is 116 cm³/mol. The number of nitrogens with zero attached hydrogens (tertiary/aromatic N) is 2. The number of guanidine groups is 1. The topological polar surface area (TPSA) is 73.8 Å². The van der Waals surface area contributed by atoms with Crippen molar-refractivity contribution in [2.75, 3.05) is 31.9 Å². The van der Waals surface area contributed by atoms with Gasteiger partial charge >= 0.3 is 0 Å². The molecule has 25 heavy (non-hydrogen) atoms. The van der Waals surface area contributed by atoms with Crippen LogP contribution in [0.25, 0.3) is 0 Å². The molecule has 144 valence electrons. The minimum Gasteiger partial charge on any atom is -0.357 e. The zero-order valence-electron chi connectivity index (χ0n) is 15.0. The maximum absolute atomic E-state index is 12.2. The van der Waals surface area contributed by atoms with Crippen molar-refractivity contribution in [1.29, 1.82) is 0 Å². The second kappa shape index (κ2) is 12.7.